The number of furan rings is 1. The first-order chi connectivity index (χ1) is 13.1. The molecule has 4 aromatic rings. The predicted octanol–water partition coefficient (Wildman–Crippen LogP) is 5.32. The Morgan fingerprint density at radius 1 is 1.07 bits per heavy atom. The smallest absolute Gasteiger partial charge is 0.227 e. The van der Waals surface area contributed by atoms with Gasteiger partial charge in [0.25, 0.3) is 0 Å². The Hall–Kier alpha value is -3.08. The first-order valence-corrected chi connectivity index (χ1v) is 9.36. The summed E-state index contributed by atoms with van der Waals surface area (Å²) in [5.41, 5.74) is 5.96. The normalized spacial score (nSPS) is 16.5. The van der Waals surface area contributed by atoms with Crippen LogP contribution in [0.5, 0.6) is 0 Å². The molecule has 0 spiro atoms. The van der Waals surface area contributed by atoms with Crippen LogP contribution in [0.4, 0.5) is 17.2 Å². The Morgan fingerprint density at radius 2 is 1.89 bits per heavy atom. The van der Waals surface area contributed by atoms with Gasteiger partial charge in [0, 0.05) is 29.7 Å². The van der Waals surface area contributed by atoms with Crippen LogP contribution < -0.4 is 9.80 Å². The van der Waals surface area contributed by atoms with Crippen molar-refractivity contribution < 1.29 is 4.42 Å². The molecule has 136 valence electrons. The SMILES string of the molecule is CCC1N(C)c2ncccc2N1c1c(C)ccc2c1oc1nc(C)ccc12. The van der Waals surface area contributed by atoms with Gasteiger partial charge in [-0.2, -0.15) is 0 Å². The zero-order valence-electron chi connectivity index (χ0n) is 16.0. The molecular formula is C22H22N4O. The fourth-order valence-electron chi connectivity index (χ4n) is 4.25. The third kappa shape index (κ3) is 2.17. The zero-order chi connectivity index (χ0) is 18.7. The summed E-state index contributed by atoms with van der Waals surface area (Å²) >= 11 is 0. The molecule has 3 aromatic heterocycles. The van der Waals surface area contributed by atoms with E-state index >= 15 is 0 Å². The van der Waals surface area contributed by atoms with Crippen molar-refractivity contribution in [1.82, 2.24) is 9.97 Å². The average molecular weight is 358 g/mol. The van der Waals surface area contributed by atoms with E-state index < -0.39 is 0 Å². The molecule has 4 heterocycles. The van der Waals surface area contributed by atoms with E-state index in [1.165, 1.54) is 5.56 Å². The largest absolute Gasteiger partial charge is 0.435 e. The van der Waals surface area contributed by atoms with Crippen molar-refractivity contribution in [2.45, 2.75) is 33.4 Å². The fourth-order valence-corrected chi connectivity index (χ4v) is 4.25. The molecule has 1 aliphatic rings. The van der Waals surface area contributed by atoms with Gasteiger partial charge in [0.15, 0.2) is 11.4 Å². The molecule has 5 heteroatoms. The van der Waals surface area contributed by atoms with Crippen LogP contribution in [0.15, 0.2) is 47.0 Å². The van der Waals surface area contributed by atoms with Crippen molar-refractivity contribution in [3.8, 4) is 0 Å². The molecule has 1 aromatic carbocycles. The summed E-state index contributed by atoms with van der Waals surface area (Å²) in [4.78, 5) is 13.8. The van der Waals surface area contributed by atoms with Crippen molar-refractivity contribution in [2.75, 3.05) is 16.8 Å². The lowest BCUT2D eigenvalue weighted by atomic mass is 10.1. The zero-order valence-corrected chi connectivity index (χ0v) is 16.0. The molecular weight excluding hydrogens is 336 g/mol. The van der Waals surface area contributed by atoms with Gasteiger partial charge in [-0.15, -0.1) is 0 Å². The maximum Gasteiger partial charge on any atom is 0.227 e. The second-order valence-corrected chi connectivity index (χ2v) is 7.23. The second kappa shape index (κ2) is 5.71. The van der Waals surface area contributed by atoms with Crippen LogP contribution in [-0.2, 0) is 0 Å². The lowest BCUT2D eigenvalue weighted by Crippen LogP contribution is -2.38. The molecule has 0 radical (unpaired) electrons. The number of benzene rings is 1. The molecule has 0 saturated carbocycles. The molecule has 0 saturated heterocycles. The average Bonchev–Trinajstić information content (AvgIpc) is 3.16. The van der Waals surface area contributed by atoms with Gasteiger partial charge in [0.05, 0.1) is 11.4 Å². The molecule has 27 heavy (non-hydrogen) atoms. The molecule has 0 aliphatic carbocycles. The highest BCUT2D eigenvalue weighted by atomic mass is 16.3. The van der Waals surface area contributed by atoms with Gasteiger partial charge < -0.3 is 14.2 Å². The number of anilines is 3. The quantitative estimate of drug-likeness (QED) is 0.485. The van der Waals surface area contributed by atoms with Crippen molar-refractivity contribution in [3.63, 3.8) is 0 Å². The van der Waals surface area contributed by atoms with Gasteiger partial charge in [-0.1, -0.05) is 19.1 Å². The van der Waals surface area contributed by atoms with E-state index in [0.29, 0.717) is 5.71 Å². The molecule has 1 unspecified atom stereocenters. The number of hydrogen-bond donors (Lipinski definition) is 0. The molecule has 0 amide bonds. The summed E-state index contributed by atoms with van der Waals surface area (Å²) in [6.45, 7) is 6.34. The number of rotatable bonds is 2. The number of aryl methyl sites for hydroxylation is 2. The number of pyridine rings is 2. The maximum atomic E-state index is 6.31. The van der Waals surface area contributed by atoms with Gasteiger partial charge in [-0.05, 0) is 50.1 Å². The highest BCUT2D eigenvalue weighted by Crippen LogP contribution is 2.47. The van der Waals surface area contributed by atoms with E-state index in [1.54, 1.807) is 0 Å². The number of hydrogen-bond acceptors (Lipinski definition) is 5. The molecule has 1 atom stereocenters. The lowest BCUT2D eigenvalue weighted by Gasteiger charge is -2.30. The topological polar surface area (TPSA) is 45.4 Å². The lowest BCUT2D eigenvalue weighted by molar-refractivity contribution is 0.627. The highest BCUT2D eigenvalue weighted by molar-refractivity contribution is 6.09. The molecule has 5 rings (SSSR count). The van der Waals surface area contributed by atoms with Gasteiger partial charge in [-0.3, -0.25) is 0 Å². The standard InChI is InChI=1S/C22H22N4O/c1-5-18-25(4)21-17(7-6-12-23-21)26(18)19-13(2)8-10-15-16-11-9-14(3)24-22(16)27-20(15)19/h6-12,18H,5H2,1-4H3. The van der Waals surface area contributed by atoms with Crippen LogP contribution in [0, 0.1) is 13.8 Å². The Bertz CT molecular complexity index is 1180. The summed E-state index contributed by atoms with van der Waals surface area (Å²) in [7, 11) is 2.11. The first kappa shape index (κ1) is 16.1. The Labute approximate surface area is 158 Å². The van der Waals surface area contributed by atoms with Crippen molar-refractivity contribution in [2.24, 2.45) is 0 Å². The summed E-state index contributed by atoms with van der Waals surface area (Å²) in [6.07, 6.45) is 3.02. The van der Waals surface area contributed by atoms with Crippen LogP contribution in [0.1, 0.15) is 24.6 Å². The molecule has 1 aliphatic heterocycles. The Morgan fingerprint density at radius 3 is 2.70 bits per heavy atom. The van der Waals surface area contributed by atoms with E-state index in [1.807, 2.05) is 25.3 Å². The minimum atomic E-state index is 0.196. The van der Waals surface area contributed by atoms with Gasteiger partial charge >= 0.3 is 0 Å². The minimum Gasteiger partial charge on any atom is -0.435 e. The van der Waals surface area contributed by atoms with Crippen LogP contribution in [0.3, 0.4) is 0 Å². The second-order valence-electron chi connectivity index (χ2n) is 7.23. The van der Waals surface area contributed by atoms with Gasteiger partial charge in [0.1, 0.15) is 6.17 Å². The molecule has 0 fully saturated rings. The summed E-state index contributed by atoms with van der Waals surface area (Å²) in [5.74, 6) is 1.01. The predicted molar refractivity (Wildman–Crippen MR) is 110 cm³/mol. The number of nitrogens with zero attached hydrogens (tertiary/aromatic N) is 4. The van der Waals surface area contributed by atoms with Crippen LogP contribution in [-0.4, -0.2) is 23.2 Å². The van der Waals surface area contributed by atoms with E-state index in [0.717, 1.165) is 45.7 Å². The fraction of sp³-hybridized carbons (Fsp3) is 0.273. The van der Waals surface area contributed by atoms with E-state index in [9.17, 15) is 0 Å². The Balaban J connectivity index is 1.84. The van der Waals surface area contributed by atoms with Crippen LogP contribution >= 0.6 is 0 Å². The first-order valence-electron chi connectivity index (χ1n) is 9.36. The number of fused-ring (bicyclic) bond motifs is 4. The maximum absolute atomic E-state index is 6.31. The summed E-state index contributed by atoms with van der Waals surface area (Å²) in [6, 6.07) is 12.6. The molecule has 5 nitrogen and oxygen atoms in total. The monoisotopic (exact) mass is 358 g/mol. The van der Waals surface area contributed by atoms with Gasteiger partial charge in [-0.25, -0.2) is 9.97 Å². The third-order valence-corrected chi connectivity index (χ3v) is 5.53. The van der Waals surface area contributed by atoms with E-state index in [-0.39, 0.29) is 6.17 Å². The Kier molecular flexibility index (Phi) is 3.41. The highest BCUT2D eigenvalue weighted by Gasteiger charge is 2.36. The van der Waals surface area contributed by atoms with Gasteiger partial charge in [0.2, 0.25) is 5.71 Å². The third-order valence-electron chi connectivity index (χ3n) is 5.53. The van der Waals surface area contributed by atoms with Crippen molar-refractivity contribution in [3.05, 3.63) is 53.9 Å². The molecule has 0 bridgehead atoms. The summed E-state index contributed by atoms with van der Waals surface area (Å²) < 4.78 is 6.31. The minimum absolute atomic E-state index is 0.196. The summed E-state index contributed by atoms with van der Waals surface area (Å²) in [5, 5.41) is 2.16. The van der Waals surface area contributed by atoms with Crippen molar-refractivity contribution in [1.29, 1.82) is 0 Å². The molecule has 0 N–H and O–H groups in total. The van der Waals surface area contributed by atoms with E-state index in [2.05, 4.69) is 64.9 Å². The van der Waals surface area contributed by atoms with E-state index in [4.69, 9.17) is 4.42 Å². The van der Waals surface area contributed by atoms with Crippen LogP contribution in [0.2, 0.25) is 0 Å². The van der Waals surface area contributed by atoms with Crippen LogP contribution in [0.25, 0.3) is 22.1 Å². The number of aromatic nitrogens is 2. The van der Waals surface area contributed by atoms with Crippen molar-refractivity contribution >= 4 is 39.3 Å².